The van der Waals surface area contributed by atoms with Crippen LogP contribution in [0.4, 0.5) is 0 Å². The van der Waals surface area contributed by atoms with Crippen LogP contribution in [0.15, 0.2) is 30.3 Å². The molecule has 0 amide bonds. The highest BCUT2D eigenvalue weighted by Gasteiger charge is 2.38. The van der Waals surface area contributed by atoms with Crippen molar-refractivity contribution in [2.75, 3.05) is 14.2 Å². The van der Waals surface area contributed by atoms with E-state index in [1.54, 1.807) is 5.06 Å². The zero-order valence-electron chi connectivity index (χ0n) is 11.9. The number of esters is 1. The molecule has 0 N–H and O–H groups in total. The van der Waals surface area contributed by atoms with Crippen molar-refractivity contribution in [2.24, 2.45) is 7.05 Å². The SMILES string of the molecule is COC(=O)[C@@H]1C[C@H](c2cc3ccccc3n2C)N(C)O1. The number of para-hydroxylation sites is 1. The molecule has 3 rings (SSSR count). The van der Waals surface area contributed by atoms with Crippen LogP contribution in [0.2, 0.25) is 0 Å². The van der Waals surface area contributed by atoms with Gasteiger partial charge in [-0.15, -0.1) is 0 Å². The summed E-state index contributed by atoms with van der Waals surface area (Å²) in [4.78, 5) is 17.2. The fourth-order valence-corrected chi connectivity index (χ4v) is 2.88. The maximum atomic E-state index is 11.6. The van der Waals surface area contributed by atoms with Crippen LogP contribution in [-0.4, -0.2) is 35.9 Å². The Balaban J connectivity index is 1.95. The van der Waals surface area contributed by atoms with E-state index < -0.39 is 6.10 Å². The Morgan fingerprint density at radius 3 is 2.80 bits per heavy atom. The standard InChI is InChI=1S/C15H18N2O3/c1-16-11-7-5-4-6-10(11)8-12(16)13-9-14(15(18)19-3)20-17(13)2/h4-8,13-14H,9H2,1-3H3/t13-,14+/m1/s1. The van der Waals surface area contributed by atoms with Crippen molar-refractivity contribution < 1.29 is 14.4 Å². The number of hydroxylamine groups is 2. The van der Waals surface area contributed by atoms with Crippen molar-refractivity contribution >= 4 is 16.9 Å². The summed E-state index contributed by atoms with van der Waals surface area (Å²) in [7, 11) is 5.28. The number of hydrogen-bond acceptors (Lipinski definition) is 4. The molecular formula is C15H18N2O3. The van der Waals surface area contributed by atoms with E-state index in [0.29, 0.717) is 6.42 Å². The van der Waals surface area contributed by atoms with Crippen molar-refractivity contribution in [3.05, 3.63) is 36.0 Å². The third-order valence-electron chi connectivity index (χ3n) is 3.96. The van der Waals surface area contributed by atoms with Crippen LogP contribution in [0.1, 0.15) is 18.2 Å². The molecule has 0 spiro atoms. The molecule has 1 aliphatic heterocycles. The fourth-order valence-electron chi connectivity index (χ4n) is 2.88. The summed E-state index contributed by atoms with van der Waals surface area (Å²) in [6.45, 7) is 0. The van der Waals surface area contributed by atoms with Crippen LogP contribution < -0.4 is 0 Å². The van der Waals surface area contributed by atoms with Crippen LogP contribution in [0.5, 0.6) is 0 Å². The summed E-state index contributed by atoms with van der Waals surface area (Å²) in [6, 6.07) is 10.4. The Labute approximate surface area is 117 Å². The van der Waals surface area contributed by atoms with Crippen molar-refractivity contribution in [1.82, 2.24) is 9.63 Å². The van der Waals surface area contributed by atoms with Gasteiger partial charge in [0, 0.05) is 31.7 Å². The van der Waals surface area contributed by atoms with Crippen LogP contribution in [-0.2, 0) is 21.4 Å². The van der Waals surface area contributed by atoms with Crippen LogP contribution in [0.3, 0.4) is 0 Å². The van der Waals surface area contributed by atoms with Gasteiger partial charge >= 0.3 is 5.97 Å². The number of hydrogen-bond donors (Lipinski definition) is 0. The molecule has 1 aliphatic rings. The highest BCUT2D eigenvalue weighted by molar-refractivity contribution is 5.81. The van der Waals surface area contributed by atoms with Gasteiger partial charge in [-0.25, -0.2) is 4.79 Å². The van der Waals surface area contributed by atoms with Crippen LogP contribution >= 0.6 is 0 Å². The van der Waals surface area contributed by atoms with E-state index in [9.17, 15) is 4.79 Å². The molecule has 0 saturated carbocycles. The third kappa shape index (κ3) is 1.99. The Hall–Kier alpha value is -1.85. The number of methoxy groups -OCH3 is 1. The average molecular weight is 274 g/mol. The van der Waals surface area contributed by atoms with Gasteiger partial charge in [-0.1, -0.05) is 18.2 Å². The molecule has 1 saturated heterocycles. The molecule has 5 nitrogen and oxygen atoms in total. The molecule has 1 fully saturated rings. The van der Waals surface area contributed by atoms with Gasteiger partial charge in [-0.3, -0.25) is 4.84 Å². The maximum Gasteiger partial charge on any atom is 0.337 e. The zero-order valence-corrected chi connectivity index (χ0v) is 11.9. The van der Waals surface area contributed by atoms with Crippen molar-refractivity contribution in [2.45, 2.75) is 18.6 Å². The number of ether oxygens (including phenoxy) is 1. The molecule has 1 aromatic heterocycles. The van der Waals surface area contributed by atoms with E-state index in [0.717, 1.165) is 5.69 Å². The normalized spacial score (nSPS) is 23.4. The van der Waals surface area contributed by atoms with Gasteiger partial charge in [-0.05, 0) is 17.5 Å². The topological polar surface area (TPSA) is 43.7 Å². The number of carbonyl (C=O) groups is 1. The molecule has 2 heterocycles. The first-order valence-corrected chi connectivity index (χ1v) is 6.63. The summed E-state index contributed by atoms with van der Waals surface area (Å²) in [6.07, 6.45) is 0.0841. The first kappa shape index (κ1) is 13.1. The summed E-state index contributed by atoms with van der Waals surface area (Å²) in [5.74, 6) is -0.321. The lowest BCUT2D eigenvalue weighted by molar-refractivity contribution is -0.179. The lowest BCUT2D eigenvalue weighted by atomic mass is 10.1. The van der Waals surface area contributed by atoms with E-state index in [1.165, 1.54) is 18.0 Å². The van der Waals surface area contributed by atoms with E-state index in [1.807, 2.05) is 26.2 Å². The quantitative estimate of drug-likeness (QED) is 0.786. The molecule has 0 aliphatic carbocycles. The number of nitrogens with zero attached hydrogens (tertiary/aromatic N) is 2. The van der Waals surface area contributed by atoms with Gasteiger partial charge in [-0.2, -0.15) is 5.06 Å². The lowest BCUT2D eigenvalue weighted by Crippen LogP contribution is -2.23. The monoisotopic (exact) mass is 274 g/mol. The molecule has 20 heavy (non-hydrogen) atoms. The lowest BCUT2D eigenvalue weighted by Gasteiger charge is -2.18. The minimum Gasteiger partial charge on any atom is -0.467 e. The van der Waals surface area contributed by atoms with E-state index in [2.05, 4.69) is 22.8 Å². The predicted octanol–water partition coefficient (Wildman–Crippen LogP) is 2.03. The Morgan fingerprint density at radius 2 is 2.10 bits per heavy atom. The summed E-state index contributed by atoms with van der Waals surface area (Å²) >= 11 is 0. The fraction of sp³-hybridized carbons (Fsp3) is 0.400. The molecule has 2 aromatic rings. The molecule has 2 atom stereocenters. The summed E-state index contributed by atoms with van der Waals surface area (Å²) < 4.78 is 6.91. The second-order valence-electron chi connectivity index (χ2n) is 5.10. The molecule has 0 unspecified atom stereocenters. The van der Waals surface area contributed by atoms with Gasteiger partial charge in [0.2, 0.25) is 0 Å². The second kappa shape index (κ2) is 4.92. The highest BCUT2D eigenvalue weighted by Crippen LogP contribution is 2.35. The van der Waals surface area contributed by atoms with E-state index in [-0.39, 0.29) is 12.0 Å². The minimum absolute atomic E-state index is 0.0523. The zero-order chi connectivity index (χ0) is 14.3. The number of rotatable bonds is 2. The molecular weight excluding hydrogens is 256 g/mol. The van der Waals surface area contributed by atoms with E-state index in [4.69, 9.17) is 9.57 Å². The van der Waals surface area contributed by atoms with Gasteiger partial charge in [0.1, 0.15) is 0 Å². The van der Waals surface area contributed by atoms with Crippen molar-refractivity contribution in [1.29, 1.82) is 0 Å². The van der Waals surface area contributed by atoms with Gasteiger partial charge in [0.15, 0.2) is 6.10 Å². The summed E-state index contributed by atoms with van der Waals surface area (Å²) in [5, 5.41) is 2.94. The van der Waals surface area contributed by atoms with Crippen LogP contribution in [0, 0.1) is 0 Å². The van der Waals surface area contributed by atoms with Gasteiger partial charge < -0.3 is 9.30 Å². The number of fused-ring (bicyclic) bond motifs is 1. The largest absolute Gasteiger partial charge is 0.467 e. The molecule has 0 radical (unpaired) electrons. The predicted molar refractivity (Wildman–Crippen MR) is 74.9 cm³/mol. The number of aromatic nitrogens is 1. The molecule has 1 aromatic carbocycles. The van der Waals surface area contributed by atoms with Crippen molar-refractivity contribution in [3.63, 3.8) is 0 Å². The average Bonchev–Trinajstić information content (AvgIpc) is 2.99. The Bertz CT molecular complexity index is 650. The maximum absolute atomic E-state index is 11.6. The molecule has 0 bridgehead atoms. The number of aryl methyl sites for hydroxylation is 1. The first-order valence-electron chi connectivity index (χ1n) is 6.63. The smallest absolute Gasteiger partial charge is 0.337 e. The van der Waals surface area contributed by atoms with Crippen LogP contribution in [0.25, 0.3) is 10.9 Å². The first-order chi connectivity index (χ1) is 9.61. The number of benzene rings is 1. The van der Waals surface area contributed by atoms with Gasteiger partial charge in [0.25, 0.3) is 0 Å². The molecule has 5 heteroatoms. The van der Waals surface area contributed by atoms with Gasteiger partial charge in [0.05, 0.1) is 13.2 Å². The van der Waals surface area contributed by atoms with E-state index >= 15 is 0 Å². The van der Waals surface area contributed by atoms with Crippen molar-refractivity contribution in [3.8, 4) is 0 Å². The summed E-state index contributed by atoms with van der Waals surface area (Å²) in [5.41, 5.74) is 2.32. The Morgan fingerprint density at radius 1 is 1.35 bits per heavy atom. The third-order valence-corrected chi connectivity index (χ3v) is 3.96. The Kier molecular flexibility index (Phi) is 3.23. The minimum atomic E-state index is -0.520. The number of carbonyl (C=O) groups excluding carboxylic acids is 1. The highest BCUT2D eigenvalue weighted by atomic mass is 16.7. The second-order valence-corrected chi connectivity index (χ2v) is 5.10. The molecule has 106 valence electrons.